The van der Waals surface area contributed by atoms with Crippen LogP contribution < -0.4 is 20.9 Å². The summed E-state index contributed by atoms with van der Waals surface area (Å²) in [4.78, 5) is 102. The second kappa shape index (κ2) is 22.9. The number of pyridine rings is 1. The van der Waals surface area contributed by atoms with Crippen LogP contribution in [0.4, 0.5) is 5.82 Å². The Kier molecular flexibility index (Phi) is 16.4. The second-order valence-corrected chi connectivity index (χ2v) is 19.2. The maximum Gasteiger partial charge on any atom is 0.274 e. The largest absolute Gasteiger partial charge is 0.370 e. The molecule has 8 rings (SSSR count). The van der Waals surface area contributed by atoms with Crippen LogP contribution in [0.25, 0.3) is 6.08 Å². The summed E-state index contributed by atoms with van der Waals surface area (Å²) in [6, 6.07) is 11.3. The molecule has 19 heteroatoms. The summed E-state index contributed by atoms with van der Waals surface area (Å²) >= 11 is 1.35. The maximum absolute atomic E-state index is 13.6. The molecule has 3 unspecified atom stereocenters. The molecule has 360 valence electrons. The number of nitrogens with one attached hydrogen (secondary N) is 3. The van der Waals surface area contributed by atoms with Crippen LogP contribution >= 0.6 is 11.8 Å². The van der Waals surface area contributed by atoms with E-state index in [1.807, 2.05) is 23.1 Å². The molecule has 0 saturated carbocycles. The molecule has 0 bridgehead atoms. The number of benzene rings is 1. The van der Waals surface area contributed by atoms with Crippen molar-refractivity contribution in [3.8, 4) is 0 Å². The van der Waals surface area contributed by atoms with Crippen molar-refractivity contribution >= 4 is 64.9 Å². The minimum Gasteiger partial charge on any atom is -0.370 e. The van der Waals surface area contributed by atoms with Gasteiger partial charge in [0, 0.05) is 93.9 Å². The van der Waals surface area contributed by atoms with Gasteiger partial charge in [-0.2, -0.15) is 0 Å². The third-order valence-electron chi connectivity index (χ3n) is 13.6. The highest BCUT2D eigenvalue weighted by molar-refractivity contribution is 7.99. The van der Waals surface area contributed by atoms with Crippen LogP contribution in [-0.4, -0.2) is 160 Å². The first kappa shape index (κ1) is 48.6. The van der Waals surface area contributed by atoms with E-state index in [0.717, 1.165) is 80.9 Å². The van der Waals surface area contributed by atoms with Crippen LogP contribution in [0.5, 0.6) is 0 Å². The van der Waals surface area contributed by atoms with E-state index in [1.165, 1.54) is 17.8 Å². The summed E-state index contributed by atoms with van der Waals surface area (Å²) in [5.41, 5.74) is 1.71. The zero-order valence-electron chi connectivity index (χ0n) is 38.5. The van der Waals surface area contributed by atoms with Gasteiger partial charge in [0.15, 0.2) is 17.3 Å². The highest BCUT2D eigenvalue weighted by Gasteiger charge is 2.45. The lowest BCUT2D eigenvalue weighted by Gasteiger charge is -2.42. The number of Topliss-reactive ketones (excluding diaryl/α,β-unsaturated/α-hetero) is 1. The summed E-state index contributed by atoms with van der Waals surface area (Å²) in [5.74, 6) is -0.655. The van der Waals surface area contributed by atoms with Gasteiger partial charge >= 0.3 is 0 Å². The van der Waals surface area contributed by atoms with Gasteiger partial charge in [-0.1, -0.05) is 25.0 Å². The molecular weight excluding hydrogens is 889 g/mol. The van der Waals surface area contributed by atoms with E-state index >= 15 is 0 Å². The van der Waals surface area contributed by atoms with Crippen molar-refractivity contribution in [2.45, 2.75) is 93.8 Å². The summed E-state index contributed by atoms with van der Waals surface area (Å²) in [7, 11) is 0. The Hall–Kier alpha value is -5.89. The van der Waals surface area contributed by atoms with Gasteiger partial charge in [0.25, 0.3) is 17.7 Å². The molecule has 6 amide bonds. The lowest BCUT2D eigenvalue weighted by atomic mass is 9.91. The Labute approximate surface area is 400 Å². The predicted octanol–water partition coefficient (Wildman–Crippen LogP) is 3.13. The van der Waals surface area contributed by atoms with Crippen LogP contribution in [0.3, 0.4) is 0 Å². The topological polar surface area (TPSA) is 216 Å². The first-order valence-electron chi connectivity index (χ1n) is 23.9. The number of nitrogens with zero attached hydrogens (tertiary/aromatic N) is 7. The molecule has 5 aliphatic heterocycles. The highest BCUT2D eigenvalue weighted by Crippen LogP contribution is 2.34. The van der Waals surface area contributed by atoms with E-state index in [9.17, 15) is 33.6 Å². The normalized spacial score (nSPS) is 21.3. The number of piperidine rings is 3. The number of hydrogen-bond donors (Lipinski definition) is 3. The van der Waals surface area contributed by atoms with Gasteiger partial charge in [-0.15, -0.1) is 22.0 Å². The SMILES string of the molecule is CC(OCCSc1cccc2c1C(=O)N(C1CCC(=O)NC1=O)C2=O)C(=O)C1CN(C2CCN(c3ccc(C(=O)N4CCC(CCCCNC(=O)/C=C/c5cccnc5)CC4)nn3)CC2)CCN1. The number of fused-ring (bicyclic) bond motifs is 1. The summed E-state index contributed by atoms with van der Waals surface area (Å²) in [6.07, 6.45) is 12.9. The second-order valence-electron chi connectivity index (χ2n) is 18.0. The van der Waals surface area contributed by atoms with E-state index in [0.29, 0.717) is 61.0 Å². The van der Waals surface area contributed by atoms with E-state index in [2.05, 4.69) is 40.9 Å². The number of ketones is 1. The predicted molar refractivity (Wildman–Crippen MR) is 254 cm³/mol. The molecule has 1 aromatic carbocycles. The number of imide groups is 2. The number of rotatable bonds is 18. The number of carbonyl (C=O) groups is 7. The molecule has 7 heterocycles. The van der Waals surface area contributed by atoms with Crippen molar-refractivity contribution in [3.63, 3.8) is 0 Å². The molecule has 4 saturated heterocycles. The Balaban J connectivity index is 0.711. The molecule has 18 nitrogen and oxygen atoms in total. The van der Waals surface area contributed by atoms with Crippen molar-refractivity contribution in [2.75, 3.05) is 69.6 Å². The fourth-order valence-corrected chi connectivity index (χ4v) is 10.7. The fourth-order valence-electron chi connectivity index (χ4n) is 9.77. The smallest absolute Gasteiger partial charge is 0.274 e. The van der Waals surface area contributed by atoms with Gasteiger partial charge < -0.3 is 25.2 Å². The molecule has 3 atom stereocenters. The third kappa shape index (κ3) is 11.9. The standard InChI is InChI=1S/C49H60N10O8S/c1-32(67-28-29-68-40-9-4-8-36-44(40)49(66)59(47(36)64)39-12-15-43(61)53-46(39)63)45(62)38-31-58(27-22-51-38)35-18-25-56(26-19-35)41-13-11-37(54-55-41)48(65)57-23-16-33(17-24-57)6-2-3-21-52-42(60)14-10-34-7-5-20-50-30-34/h4-5,7-11,13-14,20,30,32-33,35,38-39,51H,2-3,6,12,15-19,21-29,31H2,1H3,(H,52,60)(H,53,61,63)/b14-10+. The molecule has 0 aliphatic carbocycles. The van der Waals surface area contributed by atoms with Gasteiger partial charge in [0.1, 0.15) is 12.1 Å². The molecular formula is C49H60N10O8S. The summed E-state index contributed by atoms with van der Waals surface area (Å²) in [5, 5.41) is 17.4. The molecule has 5 aliphatic rings. The zero-order chi connectivity index (χ0) is 47.6. The molecule has 68 heavy (non-hydrogen) atoms. The Bertz CT molecular complexity index is 2350. The van der Waals surface area contributed by atoms with E-state index in [1.54, 1.807) is 49.7 Å². The first-order valence-corrected chi connectivity index (χ1v) is 24.9. The minimum atomic E-state index is -1.03. The minimum absolute atomic E-state index is 0.0198. The van der Waals surface area contributed by atoms with Crippen LogP contribution in [0, 0.1) is 5.92 Å². The van der Waals surface area contributed by atoms with E-state index in [-0.39, 0.29) is 54.2 Å². The number of unbranched alkanes of at least 4 members (excludes halogenated alkanes) is 1. The number of thioether (sulfide) groups is 1. The molecule has 0 spiro atoms. The van der Waals surface area contributed by atoms with Crippen molar-refractivity contribution in [3.05, 3.63) is 83.3 Å². The van der Waals surface area contributed by atoms with Crippen LogP contribution in [0.1, 0.15) is 101 Å². The number of hydrogen-bond acceptors (Lipinski definition) is 15. The lowest BCUT2D eigenvalue weighted by molar-refractivity contribution is -0.136. The average Bonchev–Trinajstić information content (AvgIpc) is 3.63. The highest BCUT2D eigenvalue weighted by atomic mass is 32.2. The van der Waals surface area contributed by atoms with Crippen molar-refractivity contribution < 1.29 is 38.3 Å². The Morgan fingerprint density at radius 1 is 0.926 bits per heavy atom. The summed E-state index contributed by atoms with van der Waals surface area (Å²) in [6.45, 7) is 7.71. The number of aromatic nitrogens is 3. The zero-order valence-corrected chi connectivity index (χ0v) is 39.3. The third-order valence-corrected chi connectivity index (χ3v) is 14.6. The van der Waals surface area contributed by atoms with Crippen LogP contribution in [-0.2, 0) is 23.9 Å². The molecule has 2 aromatic heterocycles. The van der Waals surface area contributed by atoms with Crippen LogP contribution in [0.15, 0.2) is 65.8 Å². The van der Waals surface area contributed by atoms with E-state index in [4.69, 9.17) is 4.74 Å². The quantitative estimate of drug-likeness (QED) is 0.0723. The molecule has 4 fully saturated rings. The van der Waals surface area contributed by atoms with Crippen molar-refractivity contribution in [2.24, 2.45) is 5.92 Å². The van der Waals surface area contributed by atoms with Crippen molar-refractivity contribution in [1.29, 1.82) is 0 Å². The summed E-state index contributed by atoms with van der Waals surface area (Å²) < 4.78 is 6.00. The average molecular weight is 949 g/mol. The van der Waals surface area contributed by atoms with E-state index < -0.39 is 35.8 Å². The van der Waals surface area contributed by atoms with Gasteiger partial charge in [-0.25, -0.2) is 0 Å². The number of anilines is 1. The number of amides is 6. The lowest BCUT2D eigenvalue weighted by Crippen LogP contribution is -2.59. The first-order chi connectivity index (χ1) is 33.0. The van der Waals surface area contributed by atoms with Gasteiger partial charge in [-0.05, 0) is 93.3 Å². The van der Waals surface area contributed by atoms with Gasteiger partial charge in [0.2, 0.25) is 17.7 Å². The number of carbonyl (C=O) groups excluding carboxylic acids is 7. The van der Waals surface area contributed by atoms with Gasteiger partial charge in [-0.3, -0.25) is 53.7 Å². The monoisotopic (exact) mass is 948 g/mol. The fraction of sp³-hybridized carbons (Fsp3) is 0.510. The van der Waals surface area contributed by atoms with Gasteiger partial charge in [0.05, 0.1) is 23.8 Å². The number of piperazine rings is 1. The maximum atomic E-state index is 13.6. The molecule has 3 N–H and O–H groups in total. The number of likely N-dealkylation sites (tertiary alicyclic amines) is 1. The van der Waals surface area contributed by atoms with Crippen LogP contribution in [0.2, 0.25) is 0 Å². The molecule has 0 radical (unpaired) electrons. The van der Waals surface area contributed by atoms with Crippen molar-refractivity contribution in [1.82, 2.24) is 45.8 Å². The molecule has 3 aromatic rings. The Morgan fingerprint density at radius 3 is 2.50 bits per heavy atom. The Morgan fingerprint density at radius 2 is 1.75 bits per heavy atom. The number of ether oxygens (including phenoxy) is 1.